The molecule has 174 valence electrons. The van der Waals surface area contributed by atoms with E-state index in [4.69, 9.17) is 14.2 Å². The number of hydrogen-bond donors (Lipinski definition) is 0. The summed E-state index contributed by atoms with van der Waals surface area (Å²) in [5.41, 5.74) is 3.67. The van der Waals surface area contributed by atoms with Crippen LogP contribution in [-0.4, -0.2) is 47.8 Å². The van der Waals surface area contributed by atoms with Crippen LogP contribution in [-0.2, 0) is 19.1 Å². The van der Waals surface area contributed by atoms with Crippen LogP contribution in [0.3, 0.4) is 0 Å². The van der Waals surface area contributed by atoms with E-state index in [1.54, 1.807) is 28.0 Å². The maximum Gasteiger partial charge on any atom is 0.355 e. The zero-order valence-corrected chi connectivity index (χ0v) is 19.3. The molecule has 0 saturated carbocycles. The molecule has 34 heavy (non-hydrogen) atoms. The van der Waals surface area contributed by atoms with Crippen LogP contribution in [0.2, 0.25) is 0 Å². The Balaban J connectivity index is 1.81. The number of rotatable bonds is 6. The Morgan fingerprint density at radius 1 is 0.941 bits per heavy atom. The molecule has 1 aliphatic heterocycles. The van der Waals surface area contributed by atoms with E-state index in [1.165, 1.54) is 20.3 Å². The fourth-order valence-electron chi connectivity index (χ4n) is 3.63. The lowest BCUT2D eigenvalue weighted by atomic mass is 10.1. The fraction of sp³-hybridized carbons (Fsp3) is 0.200. The average molecular weight is 460 g/mol. The molecule has 0 bridgehead atoms. The highest BCUT2D eigenvalue weighted by atomic mass is 16.5. The molecule has 1 aliphatic rings. The summed E-state index contributed by atoms with van der Waals surface area (Å²) >= 11 is 0. The van der Waals surface area contributed by atoms with Crippen molar-refractivity contribution >= 4 is 28.7 Å². The molecule has 2 heterocycles. The van der Waals surface area contributed by atoms with Crippen LogP contribution >= 0.6 is 0 Å². The van der Waals surface area contributed by atoms with Crippen molar-refractivity contribution in [3.05, 3.63) is 77.7 Å². The first-order chi connectivity index (χ1) is 16.5. The Morgan fingerprint density at radius 3 is 2.26 bits per heavy atom. The zero-order chi connectivity index (χ0) is 24.2. The summed E-state index contributed by atoms with van der Waals surface area (Å²) < 4.78 is 15.4. The third-order valence-corrected chi connectivity index (χ3v) is 5.23. The Bertz CT molecular complexity index is 1340. The lowest BCUT2D eigenvalue weighted by Gasteiger charge is -2.24. The van der Waals surface area contributed by atoms with Gasteiger partial charge in [-0.1, -0.05) is 6.08 Å². The number of esters is 2. The molecule has 0 aliphatic carbocycles. The van der Waals surface area contributed by atoms with Gasteiger partial charge in [-0.05, 0) is 68.0 Å². The second kappa shape index (κ2) is 9.62. The number of aryl methyl sites for hydroxylation is 1. The van der Waals surface area contributed by atoms with Gasteiger partial charge in [0.15, 0.2) is 0 Å². The van der Waals surface area contributed by atoms with Crippen LogP contribution in [0.15, 0.2) is 72.1 Å². The predicted molar refractivity (Wildman–Crippen MR) is 127 cm³/mol. The van der Waals surface area contributed by atoms with E-state index in [0.717, 1.165) is 17.0 Å². The minimum absolute atomic E-state index is 0.0423. The summed E-state index contributed by atoms with van der Waals surface area (Å²) in [6, 6.07) is 11.2. The van der Waals surface area contributed by atoms with Gasteiger partial charge in [-0.25, -0.2) is 9.59 Å². The normalized spacial score (nSPS) is 13.2. The van der Waals surface area contributed by atoms with Gasteiger partial charge in [0.1, 0.15) is 22.5 Å². The summed E-state index contributed by atoms with van der Waals surface area (Å²) in [5, 5.41) is 9.20. The smallest absolute Gasteiger partial charge is 0.355 e. The van der Waals surface area contributed by atoms with E-state index in [-0.39, 0.29) is 11.3 Å². The first-order valence-corrected chi connectivity index (χ1v) is 10.6. The van der Waals surface area contributed by atoms with Gasteiger partial charge in [-0.15, -0.1) is 10.2 Å². The number of hydrogen-bond acceptors (Lipinski definition) is 8. The second-order valence-electron chi connectivity index (χ2n) is 7.36. The summed E-state index contributed by atoms with van der Waals surface area (Å²) in [5.74, 6) is -0.550. The summed E-state index contributed by atoms with van der Waals surface area (Å²) in [6.45, 7) is 4.41. The number of ether oxygens (including phenoxy) is 3. The van der Waals surface area contributed by atoms with Crippen molar-refractivity contribution in [1.82, 2.24) is 15.0 Å². The molecule has 0 spiro atoms. The molecule has 2 aromatic carbocycles. The summed E-state index contributed by atoms with van der Waals surface area (Å²) in [4.78, 5) is 28.3. The van der Waals surface area contributed by atoms with Crippen LogP contribution in [0.5, 0.6) is 5.75 Å². The molecule has 9 heteroatoms. The number of nitrogens with zero attached hydrogens (tertiary/aromatic N) is 4. The van der Waals surface area contributed by atoms with Crippen molar-refractivity contribution in [3.8, 4) is 11.4 Å². The number of allylic oxidation sites excluding steroid dienone is 2. The average Bonchev–Trinajstić information content (AvgIpc) is 3.13. The number of benzene rings is 2. The molecular formula is C25H24N4O5. The lowest BCUT2D eigenvalue weighted by Crippen LogP contribution is -2.27. The van der Waals surface area contributed by atoms with Crippen LogP contribution in [0.4, 0.5) is 5.69 Å². The molecule has 0 radical (unpaired) electrons. The van der Waals surface area contributed by atoms with Crippen LogP contribution in [0, 0.1) is 6.92 Å². The largest absolute Gasteiger partial charge is 0.494 e. The lowest BCUT2D eigenvalue weighted by molar-refractivity contribution is -0.139. The number of methoxy groups -OCH3 is 2. The van der Waals surface area contributed by atoms with Gasteiger partial charge >= 0.3 is 11.9 Å². The van der Waals surface area contributed by atoms with Crippen LogP contribution in [0.25, 0.3) is 16.7 Å². The van der Waals surface area contributed by atoms with Gasteiger partial charge < -0.3 is 19.1 Å². The molecule has 4 rings (SSSR count). The van der Waals surface area contributed by atoms with E-state index in [9.17, 15) is 9.59 Å². The number of fused-ring (bicyclic) bond motifs is 1. The van der Waals surface area contributed by atoms with Crippen LogP contribution < -0.4 is 9.64 Å². The van der Waals surface area contributed by atoms with E-state index in [1.807, 2.05) is 50.2 Å². The van der Waals surface area contributed by atoms with Crippen molar-refractivity contribution in [3.63, 3.8) is 0 Å². The third-order valence-electron chi connectivity index (χ3n) is 5.23. The third kappa shape index (κ3) is 4.27. The van der Waals surface area contributed by atoms with Crippen molar-refractivity contribution in [2.24, 2.45) is 0 Å². The monoisotopic (exact) mass is 460 g/mol. The van der Waals surface area contributed by atoms with Gasteiger partial charge in [0.25, 0.3) is 0 Å². The predicted octanol–water partition coefficient (Wildman–Crippen LogP) is 3.62. The number of carbonyl (C=O) groups excluding carboxylic acids is 2. The molecule has 3 aromatic rings. The number of aromatic nitrogens is 3. The van der Waals surface area contributed by atoms with Crippen molar-refractivity contribution in [2.45, 2.75) is 13.8 Å². The minimum atomic E-state index is -0.672. The van der Waals surface area contributed by atoms with Gasteiger partial charge in [-0.3, -0.25) is 0 Å². The Hall–Kier alpha value is -4.40. The van der Waals surface area contributed by atoms with Crippen molar-refractivity contribution < 1.29 is 23.8 Å². The van der Waals surface area contributed by atoms with Gasteiger partial charge in [-0.2, -0.15) is 4.80 Å². The molecule has 1 aromatic heterocycles. The fourth-order valence-corrected chi connectivity index (χ4v) is 3.63. The number of carbonyl (C=O) groups is 2. The molecule has 0 fully saturated rings. The molecule has 0 saturated heterocycles. The molecule has 0 N–H and O–H groups in total. The second-order valence-corrected chi connectivity index (χ2v) is 7.36. The topological polar surface area (TPSA) is 95.8 Å². The standard InChI is InChI=1S/C25H24N4O5/c1-5-34-18-11-9-17(10-12-18)29-26-20-14-16(2)22(15-21(20)27-29)28-13-7-6-8-19(24(30)32-3)23(28)25(31)33-4/h6-15H,5H2,1-4H3. The zero-order valence-electron chi connectivity index (χ0n) is 19.3. The highest BCUT2D eigenvalue weighted by Crippen LogP contribution is 2.31. The number of anilines is 1. The van der Waals surface area contributed by atoms with E-state index in [2.05, 4.69) is 10.2 Å². The molecule has 0 amide bonds. The summed E-state index contributed by atoms with van der Waals surface area (Å²) in [6.07, 6.45) is 6.58. The minimum Gasteiger partial charge on any atom is -0.494 e. The molecular weight excluding hydrogens is 436 g/mol. The Labute approximate surface area is 196 Å². The Morgan fingerprint density at radius 2 is 1.62 bits per heavy atom. The molecule has 0 atom stereocenters. The van der Waals surface area contributed by atoms with Gasteiger partial charge in [0, 0.05) is 6.20 Å². The maximum atomic E-state index is 12.7. The van der Waals surface area contributed by atoms with Crippen LogP contribution in [0.1, 0.15) is 12.5 Å². The maximum absolute atomic E-state index is 12.7. The molecule has 0 unspecified atom stereocenters. The highest BCUT2D eigenvalue weighted by molar-refractivity contribution is 6.05. The van der Waals surface area contributed by atoms with E-state index >= 15 is 0 Å². The summed E-state index contributed by atoms with van der Waals surface area (Å²) in [7, 11) is 2.52. The van der Waals surface area contributed by atoms with Gasteiger partial charge in [0.2, 0.25) is 0 Å². The quantitative estimate of drug-likeness (QED) is 0.515. The van der Waals surface area contributed by atoms with Crippen molar-refractivity contribution in [1.29, 1.82) is 0 Å². The first-order valence-electron chi connectivity index (χ1n) is 10.6. The van der Waals surface area contributed by atoms with E-state index < -0.39 is 11.9 Å². The van der Waals surface area contributed by atoms with Gasteiger partial charge in [0.05, 0.1) is 37.8 Å². The SMILES string of the molecule is CCOc1ccc(-n2nc3cc(C)c(N4C=CC=CC(C(=O)OC)=C4C(=O)OC)cc3n2)cc1. The van der Waals surface area contributed by atoms with Crippen molar-refractivity contribution in [2.75, 3.05) is 25.7 Å². The van der Waals surface area contributed by atoms with E-state index in [0.29, 0.717) is 23.3 Å². The highest BCUT2D eigenvalue weighted by Gasteiger charge is 2.28. The molecule has 9 nitrogen and oxygen atoms in total. The Kier molecular flexibility index (Phi) is 6.44. The first kappa shape index (κ1) is 22.8.